The van der Waals surface area contributed by atoms with E-state index >= 15 is 0 Å². The van der Waals surface area contributed by atoms with Gasteiger partial charge in [-0.15, -0.1) is 0 Å². The maximum atomic E-state index is 11.8. The zero-order valence-electron chi connectivity index (χ0n) is 10.9. The molecule has 0 aromatic heterocycles. The molecule has 1 aromatic rings. The standard InChI is InChI=1S/C14H20BrNO2/c1-14(2,7-8-15)10-16-13(18)9-11-5-3-4-6-12(11)17/h3-6,17H,7-10H2,1-2H3,(H,16,18). The molecule has 18 heavy (non-hydrogen) atoms. The van der Waals surface area contributed by atoms with E-state index in [1.54, 1.807) is 18.2 Å². The number of phenols is 1. The molecule has 0 aliphatic heterocycles. The number of phenolic OH excluding ortho intramolecular Hbond substituents is 1. The van der Waals surface area contributed by atoms with Crippen LogP contribution >= 0.6 is 15.9 Å². The first kappa shape index (κ1) is 15.0. The van der Waals surface area contributed by atoms with Gasteiger partial charge in [-0.1, -0.05) is 48.0 Å². The van der Waals surface area contributed by atoms with Gasteiger partial charge in [-0.2, -0.15) is 0 Å². The molecular formula is C14H20BrNO2. The number of nitrogens with one attached hydrogen (secondary N) is 1. The maximum Gasteiger partial charge on any atom is 0.224 e. The Morgan fingerprint density at radius 3 is 2.67 bits per heavy atom. The number of aromatic hydroxyl groups is 1. The second-order valence-electron chi connectivity index (χ2n) is 5.19. The molecule has 0 unspecified atom stereocenters. The van der Waals surface area contributed by atoms with Gasteiger partial charge in [0.1, 0.15) is 5.75 Å². The van der Waals surface area contributed by atoms with Crippen LogP contribution < -0.4 is 5.32 Å². The van der Waals surface area contributed by atoms with Crippen molar-refractivity contribution in [2.45, 2.75) is 26.7 Å². The molecule has 0 bridgehead atoms. The quantitative estimate of drug-likeness (QED) is 0.793. The maximum absolute atomic E-state index is 11.8. The fraction of sp³-hybridized carbons (Fsp3) is 0.500. The van der Waals surface area contributed by atoms with Gasteiger partial charge >= 0.3 is 0 Å². The second kappa shape index (κ2) is 6.78. The first-order valence-corrected chi connectivity index (χ1v) is 7.16. The molecule has 0 saturated carbocycles. The number of alkyl halides is 1. The second-order valence-corrected chi connectivity index (χ2v) is 5.98. The molecule has 0 atom stereocenters. The van der Waals surface area contributed by atoms with Gasteiger partial charge in [-0.25, -0.2) is 0 Å². The average molecular weight is 314 g/mol. The van der Waals surface area contributed by atoms with Crippen LogP contribution in [-0.2, 0) is 11.2 Å². The molecule has 100 valence electrons. The number of para-hydroxylation sites is 1. The van der Waals surface area contributed by atoms with Gasteiger partial charge in [-0.05, 0) is 17.9 Å². The summed E-state index contributed by atoms with van der Waals surface area (Å²) in [6, 6.07) is 6.92. The summed E-state index contributed by atoms with van der Waals surface area (Å²) in [5.74, 6) is 0.117. The molecule has 0 fully saturated rings. The molecule has 0 radical (unpaired) electrons. The zero-order chi connectivity index (χ0) is 13.6. The minimum atomic E-state index is -0.0563. The fourth-order valence-corrected chi connectivity index (χ4v) is 2.65. The van der Waals surface area contributed by atoms with Gasteiger partial charge in [0.05, 0.1) is 6.42 Å². The van der Waals surface area contributed by atoms with Crippen molar-refractivity contribution in [3.8, 4) is 5.75 Å². The van der Waals surface area contributed by atoms with Gasteiger partial charge < -0.3 is 10.4 Å². The van der Waals surface area contributed by atoms with Crippen molar-refractivity contribution in [1.82, 2.24) is 5.32 Å². The van der Waals surface area contributed by atoms with Crippen molar-refractivity contribution in [2.24, 2.45) is 5.41 Å². The third-order valence-electron chi connectivity index (χ3n) is 2.88. The van der Waals surface area contributed by atoms with Crippen LogP contribution in [0.1, 0.15) is 25.8 Å². The van der Waals surface area contributed by atoms with E-state index in [4.69, 9.17) is 0 Å². The highest BCUT2D eigenvalue weighted by Crippen LogP contribution is 2.20. The van der Waals surface area contributed by atoms with Gasteiger partial charge in [0.25, 0.3) is 0 Å². The summed E-state index contributed by atoms with van der Waals surface area (Å²) >= 11 is 3.41. The van der Waals surface area contributed by atoms with Crippen LogP contribution in [0.4, 0.5) is 0 Å². The van der Waals surface area contributed by atoms with Crippen LogP contribution in [0.2, 0.25) is 0 Å². The highest BCUT2D eigenvalue weighted by Gasteiger charge is 2.18. The molecule has 0 saturated heterocycles. The third kappa shape index (κ3) is 5.08. The molecule has 0 spiro atoms. The molecule has 0 aliphatic rings. The largest absolute Gasteiger partial charge is 0.508 e. The lowest BCUT2D eigenvalue weighted by atomic mass is 9.90. The summed E-state index contributed by atoms with van der Waals surface area (Å²) in [5, 5.41) is 13.4. The predicted octanol–water partition coefficient (Wildman–Crippen LogP) is 2.86. The van der Waals surface area contributed by atoms with E-state index in [-0.39, 0.29) is 23.5 Å². The summed E-state index contributed by atoms with van der Waals surface area (Å²) in [6.07, 6.45) is 1.22. The lowest BCUT2D eigenvalue weighted by Gasteiger charge is -2.23. The minimum absolute atomic E-state index is 0.0563. The number of amides is 1. The van der Waals surface area contributed by atoms with E-state index in [9.17, 15) is 9.90 Å². The molecular weight excluding hydrogens is 294 g/mol. The van der Waals surface area contributed by atoms with Crippen LogP contribution in [0.3, 0.4) is 0 Å². The molecule has 0 aliphatic carbocycles. The summed E-state index contributed by atoms with van der Waals surface area (Å²) in [5.41, 5.74) is 0.742. The Morgan fingerprint density at radius 2 is 2.06 bits per heavy atom. The zero-order valence-corrected chi connectivity index (χ0v) is 12.5. The van der Waals surface area contributed by atoms with E-state index < -0.39 is 0 Å². The smallest absolute Gasteiger partial charge is 0.224 e. The summed E-state index contributed by atoms with van der Waals surface area (Å²) < 4.78 is 0. The first-order chi connectivity index (χ1) is 8.44. The highest BCUT2D eigenvalue weighted by molar-refractivity contribution is 9.09. The Balaban J connectivity index is 2.46. The number of rotatable bonds is 6. The molecule has 1 rings (SSSR count). The number of hydrogen-bond donors (Lipinski definition) is 2. The Bertz CT molecular complexity index is 405. The number of carbonyl (C=O) groups is 1. The summed E-state index contributed by atoms with van der Waals surface area (Å²) in [4.78, 5) is 11.8. The van der Waals surface area contributed by atoms with Crippen molar-refractivity contribution in [3.63, 3.8) is 0 Å². The van der Waals surface area contributed by atoms with Crippen LogP contribution in [0.15, 0.2) is 24.3 Å². The van der Waals surface area contributed by atoms with E-state index in [1.807, 2.05) is 6.07 Å². The van der Waals surface area contributed by atoms with E-state index in [2.05, 4.69) is 35.1 Å². The lowest BCUT2D eigenvalue weighted by molar-refractivity contribution is -0.120. The molecule has 4 heteroatoms. The molecule has 2 N–H and O–H groups in total. The van der Waals surface area contributed by atoms with E-state index in [0.717, 1.165) is 11.8 Å². The Labute approximate surface area is 117 Å². The van der Waals surface area contributed by atoms with Crippen molar-refractivity contribution < 1.29 is 9.90 Å². The van der Waals surface area contributed by atoms with Gasteiger partial charge in [0.2, 0.25) is 5.91 Å². The van der Waals surface area contributed by atoms with Crippen molar-refractivity contribution in [1.29, 1.82) is 0 Å². The summed E-state index contributed by atoms with van der Waals surface area (Å²) in [6.45, 7) is 4.88. The fourth-order valence-electron chi connectivity index (χ4n) is 1.58. The van der Waals surface area contributed by atoms with Gasteiger partial charge in [0.15, 0.2) is 0 Å². The van der Waals surface area contributed by atoms with Crippen molar-refractivity contribution in [3.05, 3.63) is 29.8 Å². The predicted molar refractivity (Wildman–Crippen MR) is 77.0 cm³/mol. The van der Waals surface area contributed by atoms with Gasteiger partial charge in [0, 0.05) is 17.4 Å². The highest BCUT2D eigenvalue weighted by atomic mass is 79.9. The number of hydrogen-bond acceptors (Lipinski definition) is 2. The number of benzene rings is 1. The van der Waals surface area contributed by atoms with E-state index in [1.165, 1.54) is 0 Å². The van der Waals surface area contributed by atoms with Crippen LogP contribution in [0.5, 0.6) is 5.75 Å². The van der Waals surface area contributed by atoms with Crippen molar-refractivity contribution >= 4 is 21.8 Å². The van der Waals surface area contributed by atoms with Crippen molar-refractivity contribution in [2.75, 3.05) is 11.9 Å². The Hall–Kier alpha value is -1.03. The molecule has 1 amide bonds. The first-order valence-electron chi connectivity index (χ1n) is 6.04. The summed E-state index contributed by atoms with van der Waals surface area (Å²) in [7, 11) is 0. The topological polar surface area (TPSA) is 49.3 Å². The average Bonchev–Trinajstić information content (AvgIpc) is 2.30. The molecule has 1 aromatic carbocycles. The molecule has 3 nitrogen and oxygen atoms in total. The Kier molecular flexibility index (Phi) is 5.66. The lowest BCUT2D eigenvalue weighted by Crippen LogP contribution is -2.35. The monoisotopic (exact) mass is 313 g/mol. The van der Waals surface area contributed by atoms with Crippen LogP contribution in [0, 0.1) is 5.41 Å². The van der Waals surface area contributed by atoms with Crippen LogP contribution in [-0.4, -0.2) is 22.9 Å². The van der Waals surface area contributed by atoms with E-state index in [0.29, 0.717) is 12.1 Å². The number of halogens is 1. The third-order valence-corrected chi connectivity index (χ3v) is 3.27. The molecule has 0 heterocycles. The minimum Gasteiger partial charge on any atom is -0.508 e. The normalized spacial score (nSPS) is 11.3. The Morgan fingerprint density at radius 1 is 1.39 bits per heavy atom. The number of carbonyl (C=O) groups excluding carboxylic acids is 1. The SMILES string of the molecule is CC(C)(CCBr)CNC(=O)Cc1ccccc1O. The van der Waals surface area contributed by atoms with Gasteiger partial charge in [-0.3, -0.25) is 4.79 Å². The van der Waals surface area contributed by atoms with Crippen LogP contribution in [0.25, 0.3) is 0 Å².